The second-order valence-corrected chi connectivity index (χ2v) is 6.67. The molecule has 0 aliphatic carbocycles. The Morgan fingerprint density at radius 2 is 1.81 bits per heavy atom. The van der Waals surface area contributed by atoms with E-state index < -0.39 is 0 Å². The molecule has 3 rings (SSSR count). The van der Waals surface area contributed by atoms with Crippen molar-refractivity contribution in [3.8, 4) is 11.5 Å². The predicted octanol–water partition coefficient (Wildman–Crippen LogP) is 3.84. The molecule has 1 fully saturated rings. The lowest BCUT2D eigenvalue weighted by Crippen LogP contribution is -2.41. The average molecular weight is 354 g/mol. The third-order valence-corrected chi connectivity index (χ3v) is 4.65. The van der Waals surface area contributed by atoms with Crippen molar-refractivity contribution in [2.24, 2.45) is 0 Å². The standard InChI is InChI=1S/C21H26N2O3/c1-16-7-9-18(10-8-16)26-20-6-4-3-5-19(20)22-21(24)15-23-13-11-17(25-2)12-14-23/h3-10,17H,11-15H2,1-2H3,(H,22,24). The number of likely N-dealkylation sites (tertiary alicyclic amines) is 1. The van der Waals surface area contributed by atoms with Crippen molar-refractivity contribution in [2.45, 2.75) is 25.9 Å². The molecule has 0 unspecified atom stereocenters. The number of carbonyl (C=O) groups excluding carboxylic acids is 1. The molecule has 5 heteroatoms. The highest BCUT2D eigenvalue weighted by Gasteiger charge is 2.20. The van der Waals surface area contributed by atoms with E-state index in [0.717, 1.165) is 31.7 Å². The van der Waals surface area contributed by atoms with Gasteiger partial charge in [-0.2, -0.15) is 0 Å². The van der Waals surface area contributed by atoms with Gasteiger partial charge in [-0.15, -0.1) is 0 Å². The molecule has 0 spiro atoms. The highest BCUT2D eigenvalue weighted by Crippen LogP contribution is 2.29. The third-order valence-electron chi connectivity index (χ3n) is 4.65. The monoisotopic (exact) mass is 354 g/mol. The van der Waals surface area contributed by atoms with Crippen LogP contribution >= 0.6 is 0 Å². The molecule has 5 nitrogen and oxygen atoms in total. The number of benzene rings is 2. The Morgan fingerprint density at radius 1 is 1.12 bits per heavy atom. The summed E-state index contributed by atoms with van der Waals surface area (Å²) in [5.74, 6) is 1.36. The number of hydrogen-bond acceptors (Lipinski definition) is 4. The average Bonchev–Trinajstić information content (AvgIpc) is 2.66. The summed E-state index contributed by atoms with van der Waals surface area (Å²) >= 11 is 0. The summed E-state index contributed by atoms with van der Waals surface area (Å²) in [5.41, 5.74) is 1.86. The fraction of sp³-hybridized carbons (Fsp3) is 0.381. The van der Waals surface area contributed by atoms with Crippen LogP contribution in [0.15, 0.2) is 48.5 Å². The molecule has 138 valence electrons. The van der Waals surface area contributed by atoms with Crippen molar-refractivity contribution in [3.05, 3.63) is 54.1 Å². The number of amides is 1. The normalized spacial score (nSPS) is 15.6. The first-order valence-electron chi connectivity index (χ1n) is 9.02. The molecule has 1 amide bonds. The zero-order valence-electron chi connectivity index (χ0n) is 15.4. The van der Waals surface area contributed by atoms with Crippen molar-refractivity contribution in [3.63, 3.8) is 0 Å². The van der Waals surface area contributed by atoms with Crippen LogP contribution in [0.25, 0.3) is 0 Å². The van der Waals surface area contributed by atoms with Crippen LogP contribution in [0.4, 0.5) is 5.69 Å². The van der Waals surface area contributed by atoms with Crippen molar-refractivity contribution in [2.75, 3.05) is 32.1 Å². The minimum Gasteiger partial charge on any atom is -0.455 e. The zero-order valence-corrected chi connectivity index (χ0v) is 15.4. The number of aryl methyl sites for hydroxylation is 1. The van der Waals surface area contributed by atoms with E-state index in [9.17, 15) is 4.79 Å². The predicted molar refractivity (Wildman–Crippen MR) is 103 cm³/mol. The molecular formula is C21H26N2O3. The maximum Gasteiger partial charge on any atom is 0.238 e. The lowest BCUT2D eigenvalue weighted by Gasteiger charge is -2.30. The fourth-order valence-electron chi connectivity index (χ4n) is 3.09. The fourth-order valence-corrected chi connectivity index (χ4v) is 3.09. The largest absolute Gasteiger partial charge is 0.455 e. The first-order chi connectivity index (χ1) is 12.6. The number of nitrogens with one attached hydrogen (secondary N) is 1. The quantitative estimate of drug-likeness (QED) is 0.856. The molecule has 1 N–H and O–H groups in total. The van der Waals surface area contributed by atoms with Crippen molar-refractivity contribution in [1.82, 2.24) is 4.90 Å². The van der Waals surface area contributed by atoms with E-state index in [0.29, 0.717) is 24.1 Å². The SMILES string of the molecule is COC1CCN(CC(=O)Nc2ccccc2Oc2ccc(C)cc2)CC1. The molecule has 0 saturated carbocycles. The second-order valence-electron chi connectivity index (χ2n) is 6.67. The molecule has 26 heavy (non-hydrogen) atoms. The van der Waals surface area contributed by atoms with Gasteiger partial charge in [-0.05, 0) is 44.0 Å². The van der Waals surface area contributed by atoms with E-state index in [2.05, 4.69) is 10.2 Å². The minimum absolute atomic E-state index is 0.0270. The molecule has 0 atom stereocenters. The van der Waals surface area contributed by atoms with E-state index in [1.807, 2.05) is 55.5 Å². The lowest BCUT2D eigenvalue weighted by molar-refractivity contribution is -0.117. The van der Waals surface area contributed by atoms with Gasteiger partial charge in [0.25, 0.3) is 0 Å². The molecule has 0 aromatic heterocycles. The van der Waals surface area contributed by atoms with E-state index in [1.54, 1.807) is 7.11 Å². The number of carbonyl (C=O) groups is 1. The summed E-state index contributed by atoms with van der Waals surface area (Å²) in [7, 11) is 1.75. The summed E-state index contributed by atoms with van der Waals surface area (Å²) in [6.45, 7) is 4.18. The first kappa shape index (κ1) is 18.4. The lowest BCUT2D eigenvalue weighted by atomic mass is 10.1. The molecule has 1 aliphatic rings. The molecule has 0 radical (unpaired) electrons. The number of hydrogen-bond donors (Lipinski definition) is 1. The highest BCUT2D eigenvalue weighted by atomic mass is 16.5. The van der Waals surface area contributed by atoms with Gasteiger partial charge in [0.1, 0.15) is 5.75 Å². The maximum atomic E-state index is 12.4. The van der Waals surface area contributed by atoms with Gasteiger partial charge >= 0.3 is 0 Å². The zero-order chi connectivity index (χ0) is 18.4. The number of para-hydroxylation sites is 2. The van der Waals surface area contributed by atoms with Gasteiger partial charge in [0.15, 0.2) is 5.75 Å². The number of nitrogens with zero attached hydrogens (tertiary/aromatic N) is 1. The summed E-state index contributed by atoms with van der Waals surface area (Å²) in [6, 6.07) is 15.4. The van der Waals surface area contributed by atoms with Crippen LogP contribution < -0.4 is 10.1 Å². The van der Waals surface area contributed by atoms with Crippen molar-refractivity contribution < 1.29 is 14.3 Å². The number of anilines is 1. The molecule has 0 bridgehead atoms. The van der Waals surface area contributed by atoms with Gasteiger partial charge in [-0.3, -0.25) is 9.69 Å². The molecule has 2 aromatic rings. The second kappa shape index (κ2) is 8.83. The van der Waals surface area contributed by atoms with Crippen LogP contribution in [0, 0.1) is 6.92 Å². The minimum atomic E-state index is -0.0270. The number of rotatable bonds is 6. The van der Waals surface area contributed by atoms with E-state index in [1.165, 1.54) is 5.56 Å². The van der Waals surface area contributed by atoms with Gasteiger partial charge in [0, 0.05) is 20.2 Å². The molecule has 1 heterocycles. The van der Waals surface area contributed by atoms with E-state index in [-0.39, 0.29) is 5.91 Å². The van der Waals surface area contributed by atoms with Crippen molar-refractivity contribution in [1.29, 1.82) is 0 Å². The first-order valence-corrected chi connectivity index (χ1v) is 9.02. The van der Waals surface area contributed by atoms with E-state index >= 15 is 0 Å². The maximum absolute atomic E-state index is 12.4. The Hall–Kier alpha value is -2.37. The summed E-state index contributed by atoms with van der Waals surface area (Å²) in [6.07, 6.45) is 2.26. The van der Waals surface area contributed by atoms with Gasteiger partial charge in [0.2, 0.25) is 5.91 Å². The summed E-state index contributed by atoms with van der Waals surface area (Å²) in [5, 5.41) is 2.98. The highest BCUT2D eigenvalue weighted by molar-refractivity contribution is 5.93. The van der Waals surface area contributed by atoms with Gasteiger partial charge in [0.05, 0.1) is 18.3 Å². The van der Waals surface area contributed by atoms with Crippen LogP contribution in [0.3, 0.4) is 0 Å². The number of piperidine rings is 1. The Bertz CT molecular complexity index is 722. The Kier molecular flexibility index (Phi) is 6.26. The Labute approximate surface area is 154 Å². The van der Waals surface area contributed by atoms with Crippen molar-refractivity contribution >= 4 is 11.6 Å². The summed E-state index contributed by atoms with van der Waals surface area (Å²) in [4.78, 5) is 14.6. The van der Waals surface area contributed by atoms with Gasteiger partial charge in [-0.1, -0.05) is 29.8 Å². The molecule has 1 aliphatic heterocycles. The van der Waals surface area contributed by atoms with Crippen LogP contribution in [0.1, 0.15) is 18.4 Å². The third kappa shape index (κ3) is 5.07. The van der Waals surface area contributed by atoms with Crippen LogP contribution in [-0.4, -0.2) is 43.7 Å². The smallest absolute Gasteiger partial charge is 0.238 e. The Morgan fingerprint density at radius 3 is 2.50 bits per heavy atom. The molecule has 1 saturated heterocycles. The van der Waals surface area contributed by atoms with Crippen LogP contribution in [-0.2, 0) is 9.53 Å². The molecule has 2 aromatic carbocycles. The Balaban J connectivity index is 1.59. The van der Waals surface area contributed by atoms with Crippen LogP contribution in [0.5, 0.6) is 11.5 Å². The van der Waals surface area contributed by atoms with Gasteiger partial charge < -0.3 is 14.8 Å². The number of methoxy groups -OCH3 is 1. The van der Waals surface area contributed by atoms with Crippen LogP contribution in [0.2, 0.25) is 0 Å². The number of ether oxygens (including phenoxy) is 2. The summed E-state index contributed by atoms with van der Waals surface area (Å²) < 4.78 is 11.3. The topological polar surface area (TPSA) is 50.8 Å². The molecular weight excluding hydrogens is 328 g/mol. The van der Waals surface area contributed by atoms with Gasteiger partial charge in [-0.25, -0.2) is 0 Å². The van der Waals surface area contributed by atoms with E-state index in [4.69, 9.17) is 9.47 Å².